The van der Waals surface area contributed by atoms with Crippen molar-refractivity contribution in [3.05, 3.63) is 108 Å². The average Bonchev–Trinajstić information content (AvgIpc) is 2.75. The van der Waals surface area contributed by atoms with Crippen LogP contribution < -0.4 is 0 Å². The van der Waals surface area contributed by atoms with E-state index < -0.39 is 5.16 Å². The lowest BCUT2D eigenvalue weighted by Crippen LogP contribution is -2.35. The van der Waals surface area contributed by atoms with Gasteiger partial charge in [0.25, 0.3) is 0 Å². The van der Waals surface area contributed by atoms with Gasteiger partial charge in [0.1, 0.15) is 0 Å². The van der Waals surface area contributed by atoms with Crippen molar-refractivity contribution in [1.82, 2.24) is 0 Å². The zero-order chi connectivity index (χ0) is 19.1. The summed E-state index contributed by atoms with van der Waals surface area (Å²) in [7, 11) is 2.90. The molecule has 146 valence electrons. The molecule has 0 radical (unpaired) electrons. The second kappa shape index (κ2) is 10.7. The summed E-state index contributed by atoms with van der Waals surface area (Å²) in [6.07, 6.45) is 2.99. The lowest BCUT2D eigenvalue weighted by molar-refractivity contribution is -0.122. The summed E-state index contributed by atoms with van der Waals surface area (Å²) in [5, 5.41) is -0.753. The number of Topliss-reactive ketones (excluding diaryl/α,β-unsaturated/α-hetero) is 1. The topological polar surface area (TPSA) is 17.1 Å². The number of carbonyl (C=O) groups excluding carboxylic acids is 1. The van der Waals surface area contributed by atoms with Crippen LogP contribution in [0.25, 0.3) is 0 Å². The molecule has 3 aromatic carbocycles. The fourth-order valence-corrected chi connectivity index (χ4v) is 4.26. The van der Waals surface area contributed by atoms with Crippen LogP contribution in [0.3, 0.4) is 0 Å². The summed E-state index contributed by atoms with van der Waals surface area (Å²) >= 11 is 0. The molecule has 0 spiro atoms. The minimum atomic E-state index is -0.753. The van der Waals surface area contributed by atoms with E-state index >= 15 is 0 Å². The van der Waals surface area contributed by atoms with E-state index in [-0.39, 0.29) is 28.7 Å². The van der Waals surface area contributed by atoms with Gasteiger partial charge in [-0.2, -0.15) is 0 Å². The quantitative estimate of drug-likeness (QED) is 0.337. The molecule has 0 aliphatic carbocycles. The third-order valence-corrected chi connectivity index (χ3v) is 6.16. The minimum absolute atomic E-state index is 0. The van der Waals surface area contributed by atoms with Crippen LogP contribution in [0.2, 0.25) is 0 Å². The van der Waals surface area contributed by atoms with E-state index in [1.54, 1.807) is 0 Å². The maximum Gasteiger partial charge on any atom is 0.158 e. The first-order valence-corrected chi connectivity index (χ1v) is 10.2. The molecule has 0 amide bonds. The number of ketones is 1. The van der Waals surface area contributed by atoms with Crippen molar-refractivity contribution in [2.24, 2.45) is 0 Å². The van der Waals surface area contributed by atoms with Crippen molar-refractivity contribution in [2.75, 3.05) is 0 Å². The Labute approximate surface area is 181 Å². The number of rotatable bonds is 8. The first-order chi connectivity index (χ1) is 13.2. The Morgan fingerprint density at radius 2 is 1.25 bits per heavy atom. The fraction of sp³-hybridized carbons (Fsp3) is 0.240. The summed E-state index contributed by atoms with van der Waals surface area (Å²) < 4.78 is 0. The molecule has 2 unspecified atom stereocenters. The summed E-state index contributed by atoms with van der Waals surface area (Å²) in [6.45, 7) is 2.18. The molecule has 2 atom stereocenters. The van der Waals surface area contributed by atoms with E-state index in [1.165, 1.54) is 0 Å². The highest BCUT2D eigenvalue weighted by Crippen LogP contribution is 2.44. The Hall–Kier alpha value is -1.76. The molecule has 0 aromatic heterocycles. The van der Waals surface area contributed by atoms with Crippen molar-refractivity contribution >= 4 is 32.0 Å². The molecular formula is C25H28BrOP. The number of benzene rings is 3. The summed E-state index contributed by atoms with van der Waals surface area (Å²) in [4.78, 5) is 14.1. The van der Waals surface area contributed by atoms with Gasteiger partial charge in [-0.1, -0.05) is 111 Å². The van der Waals surface area contributed by atoms with Crippen LogP contribution in [-0.4, -0.2) is 5.78 Å². The molecule has 0 aliphatic heterocycles. The largest absolute Gasteiger partial charge is 0.297 e. The smallest absolute Gasteiger partial charge is 0.158 e. The van der Waals surface area contributed by atoms with E-state index in [2.05, 4.69) is 52.6 Å². The summed E-state index contributed by atoms with van der Waals surface area (Å²) in [5.74, 6) is 0.119. The Morgan fingerprint density at radius 1 is 0.821 bits per heavy atom. The highest BCUT2D eigenvalue weighted by Gasteiger charge is 2.41. The molecular weight excluding hydrogens is 427 g/mol. The molecule has 0 heterocycles. The molecule has 3 heteroatoms. The maximum atomic E-state index is 14.1. The molecule has 0 fully saturated rings. The number of halogens is 1. The van der Waals surface area contributed by atoms with Crippen LogP contribution >= 0.6 is 26.2 Å². The Kier molecular flexibility index (Phi) is 8.60. The van der Waals surface area contributed by atoms with E-state index in [9.17, 15) is 4.79 Å². The van der Waals surface area contributed by atoms with Gasteiger partial charge in [0.2, 0.25) is 0 Å². The van der Waals surface area contributed by atoms with Crippen LogP contribution in [0.1, 0.15) is 48.8 Å². The van der Waals surface area contributed by atoms with E-state index in [0.717, 1.165) is 36.0 Å². The summed E-state index contributed by atoms with van der Waals surface area (Å²) in [5.41, 5.74) is 3.14. The van der Waals surface area contributed by atoms with Crippen LogP contribution in [0.4, 0.5) is 0 Å². The molecule has 3 rings (SSSR count). The van der Waals surface area contributed by atoms with Gasteiger partial charge in [0.15, 0.2) is 5.78 Å². The predicted molar refractivity (Wildman–Crippen MR) is 127 cm³/mol. The van der Waals surface area contributed by atoms with Gasteiger partial charge in [0.05, 0.1) is 5.16 Å². The van der Waals surface area contributed by atoms with Crippen LogP contribution in [0.15, 0.2) is 91.0 Å². The highest BCUT2D eigenvalue weighted by molar-refractivity contribution is 8.93. The molecule has 28 heavy (non-hydrogen) atoms. The van der Waals surface area contributed by atoms with Crippen LogP contribution in [0, 0.1) is 0 Å². The SMILES string of the molecule is Br.CCCCC(C(=O)C(P)(c1ccccc1)c1ccccc1)c1ccccc1. The zero-order valence-corrected chi connectivity index (χ0v) is 19.1. The maximum absolute atomic E-state index is 14.1. The van der Waals surface area contributed by atoms with Crippen molar-refractivity contribution in [3.63, 3.8) is 0 Å². The molecule has 0 N–H and O–H groups in total. The van der Waals surface area contributed by atoms with Crippen molar-refractivity contribution < 1.29 is 4.79 Å². The van der Waals surface area contributed by atoms with Crippen LogP contribution in [0.5, 0.6) is 0 Å². The number of hydrogen-bond donors (Lipinski definition) is 0. The van der Waals surface area contributed by atoms with Crippen LogP contribution in [-0.2, 0) is 9.95 Å². The van der Waals surface area contributed by atoms with E-state index in [1.807, 2.05) is 54.6 Å². The summed E-state index contributed by atoms with van der Waals surface area (Å²) in [6, 6.07) is 30.5. The van der Waals surface area contributed by atoms with E-state index in [4.69, 9.17) is 0 Å². The molecule has 0 bridgehead atoms. The third-order valence-electron chi connectivity index (χ3n) is 5.21. The fourth-order valence-electron chi connectivity index (χ4n) is 3.67. The van der Waals surface area contributed by atoms with Crippen molar-refractivity contribution in [1.29, 1.82) is 0 Å². The number of hydrogen-bond acceptors (Lipinski definition) is 1. The number of unbranched alkanes of at least 4 members (excludes halogenated alkanes) is 1. The Balaban J connectivity index is 0.00000280. The molecule has 0 aliphatic rings. The Morgan fingerprint density at radius 3 is 1.68 bits per heavy atom. The zero-order valence-electron chi connectivity index (χ0n) is 16.3. The molecule has 0 saturated heterocycles. The number of carbonyl (C=O) groups is 1. The second-order valence-corrected chi connectivity index (χ2v) is 7.88. The van der Waals surface area contributed by atoms with Gasteiger partial charge >= 0.3 is 0 Å². The first-order valence-electron chi connectivity index (χ1n) is 9.67. The van der Waals surface area contributed by atoms with Gasteiger partial charge in [-0.15, -0.1) is 26.2 Å². The lowest BCUT2D eigenvalue weighted by Gasteiger charge is -2.33. The second-order valence-electron chi connectivity index (χ2n) is 7.01. The van der Waals surface area contributed by atoms with Gasteiger partial charge in [-0.25, -0.2) is 0 Å². The monoisotopic (exact) mass is 454 g/mol. The average molecular weight is 455 g/mol. The van der Waals surface area contributed by atoms with Gasteiger partial charge in [-0.05, 0) is 23.1 Å². The van der Waals surface area contributed by atoms with E-state index in [0.29, 0.717) is 0 Å². The molecule has 0 saturated carbocycles. The molecule has 1 nitrogen and oxygen atoms in total. The minimum Gasteiger partial charge on any atom is -0.297 e. The molecule has 3 aromatic rings. The normalized spacial score (nSPS) is 12.1. The van der Waals surface area contributed by atoms with Gasteiger partial charge < -0.3 is 0 Å². The third kappa shape index (κ3) is 4.80. The Bertz CT molecular complexity index is 810. The first kappa shape index (κ1) is 22.5. The lowest BCUT2D eigenvalue weighted by atomic mass is 9.77. The van der Waals surface area contributed by atoms with Gasteiger partial charge in [0, 0.05) is 5.92 Å². The van der Waals surface area contributed by atoms with Crippen molar-refractivity contribution in [2.45, 2.75) is 37.3 Å². The van der Waals surface area contributed by atoms with Gasteiger partial charge in [-0.3, -0.25) is 4.79 Å². The predicted octanol–water partition coefficient (Wildman–Crippen LogP) is 6.93. The standard InChI is InChI=1S/C25H27OP.BrH/c1-2-3-19-23(20-13-7-4-8-14-20)24(26)25(27,21-15-9-5-10-16-21)22-17-11-6-12-18-22;/h4-18,23H,2-3,19,27H2,1H3;1H. The highest BCUT2D eigenvalue weighted by atomic mass is 79.9. The van der Waals surface area contributed by atoms with Crippen molar-refractivity contribution in [3.8, 4) is 0 Å².